The van der Waals surface area contributed by atoms with Crippen LogP contribution in [0, 0.1) is 0 Å². The van der Waals surface area contributed by atoms with E-state index in [1.54, 1.807) is 6.92 Å². The van der Waals surface area contributed by atoms with E-state index < -0.39 is 11.9 Å². The van der Waals surface area contributed by atoms with E-state index in [2.05, 4.69) is 13.2 Å². The van der Waals surface area contributed by atoms with Gasteiger partial charge in [-0.1, -0.05) is 25.3 Å². The smallest absolute Gasteiger partial charge is 0.158 e. The number of aryl methyl sites for hydroxylation is 1. The minimum atomic E-state index is -1.57. The van der Waals surface area contributed by atoms with E-state index in [-0.39, 0.29) is 59.5 Å². The third-order valence-corrected chi connectivity index (χ3v) is 4.00. The summed E-state index contributed by atoms with van der Waals surface area (Å²) in [5.74, 6) is -3.64. The van der Waals surface area contributed by atoms with Crippen molar-refractivity contribution in [3.05, 3.63) is 58.7 Å². The van der Waals surface area contributed by atoms with E-state index in [9.17, 15) is 29.4 Å². The second-order valence-electron chi connectivity index (χ2n) is 6.11. The quantitative estimate of drug-likeness (QED) is 0.566. The maximum absolute atomic E-state index is 11.8. The van der Waals surface area contributed by atoms with Crippen molar-refractivity contribution in [2.75, 3.05) is 0 Å². The monoisotopic (exact) mass is 356 g/mol. The molecule has 0 aliphatic rings. The first kappa shape index (κ1) is 21.0. The zero-order chi connectivity index (χ0) is 20.0. The summed E-state index contributed by atoms with van der Waals surface area (Å²) in [5, 5.41) is 23.0. The molecule has 0 aliphatic carbocycles. The molecule has 0 aromatic heterocycles. The highest BCUT2D eigenvalue weighted by molar-refractivity contribution is 5.98. The Morgan fingerprint density at radius 1 is 0.846 bits per heavy atom. The van der Waals surface area contributed by atoms with Gasteiger partial charge >= 0.3 is 0 Å². The van der Waals surface area contributed by atoms with Gasteiger partial charge in [0.05, 0.1) is 11.9 Å². The number of Topliss-reactive ketones (excluding diaryl/α,β-unsaturated/α-hetero) is 2. The van der Waals surface area contributed by atoms with Crippen LogP contribution in [0.25, 0.3) is 0 Å². The van der Waals surface area contributed by atoms with Gasteiger partial charge < -0.3 is 19.8 Å². The van der Waals surface area contributed by atoms with Gasteiger partial charge in [-0.2, -0.15) is 0 Å². The van der Waals surface area contributed by atoms with Gasteiger partial charge in [0.1, 0.15) is 0 Å². The lowest BCUT2D eigenvalue weighted by atomic mass is 9.89. The number of hydrogen-bond acceptors (Lipinski definition) is 6. The molecule has 1 aromatic rings. The molecule has 0 amide bonds. The topological polar surface area (TPSA) is 114 Å². The molecule has 0 bridgehead atoms. The number of allylic oxidation sites excluding steroid dienone is 2. The molecule has 0 aliphatic heterocycles. The number of carboxylic acids is 2. The van der Waals surface area contributed by atoms with E-state index in [4.69, 9.17) is 0 Å². The standard InChI is InChI=1S/C20H22O6/c1-11(2)16(21)9-6-13-5-7-15(19(23)24)14(18(13)20(25)26)8-10-17(22)12(3)4/h5,7H,1,3,6,8-10H2,2,4H3,(H,23,24)(H,25,26)/p-2. The Balaban J connectivity index is 3.34. The predicted molar refractivity (Wildman–Crippen MR) is 91.4 cm³/mol. The molecule has 0 heterocycles. The molecule has 0 N–H and O–H groups in total. The van der Waals surface area contributed by atoms with Crippen LogP contribution in [0.4, 0.5) is 0 Å². The van der Waals surface area contributed by atoms with Crippen molar-refractivity contribution in [2.45, 2.75) is 39.5 Å². The Morgan fingerprint density at radius 2 is 1.35 bits per heavy atom. The SMILES string of the molecule is C=C(C)C(=O)CCc1ccc(C(=O)[O-])c(CCC(=O)C(=C)C)c1C(=O)[O-]. The summed E-state index contributed by atoms with van der Waals surface area (Å²) < 4.78 is 0. The number of hydrogen-bond donors (Lipinski definition) is 0. The highest BCUT2D eigenvalue weighted by Crippen LogP contribution is 2.23. The van der Waals surface area contributed by atoms with Gasteiger partial charge in [-0.25, -0.2) is 0 Å². The summed E-state index contributed by atoms with van der Waals surface area (Å²) in [6.45, 7) is 10.1. The summed E-state index contributed by atoms with van der Waals surface area (Å²) in [4.78, 5) is 46.5. The Hall–Kier alpha value is -3.02. The molecular formula is C20H20O6-2. The molecule has 0 fully saturated rings. The molecule has 138 valence electrons. The summed E-state index contributed by atoms with van der Waals surface area (Å²) >= 11 is 0. The molecule has 6 heteroatoms. The lowest BCUT2D eigenvalue weighted by molar-refractivity contribution is -0.255. The largest absolute Gasteiger partial charge is 0.545 e. The normalized spacial score (nSPS) is 10.2. The van der Waals surface area contributed by atoms with E-state index in [1.807, 2.05) is 0 Å². The second kappa shape index (κ2) is 8.89. The number of rotatable bonds is 10. The van der Waals surface area contributed by atoms with Gasteiger partial charge in [0.2, 0.25) is 0 Å². The molecule has 0 radical (unpaired) electrons. The number of benzene rings is 1. The fourth-order valence-electron chi connectivity index (χ4n) is 2.52. The zero-order valence-corrected chi connectivity index (χ0v) is 14.8. The maximum atomic E-state index is 11.8. The number of ketones is 2. The number of carbonyl (C=O) groups excluding carboxylic acids is 4. The van der Waals surface area contributed by atoms with Crippen molar-refractivity contribution in [2.24, 2.45) is 0 Å². The molecular weight excluding hydrogens is 336 g/mol. The zero-order valence-electron chi connectivity index (χ0n) is 14.8. The fraction of sp³-hybridized carbons (Fsp3) is 0.300. The van der Waals surface area contributed by atoms with Gasteiger partial charge in [0.25, 0.3) is 0 Å². The van der Waals surface area contributed by atoms with Crippen molar-refractivity contribution < 1.29 is 29.4 Å². The van der Waals surface area contributed by atoms with Crippen molar-refractivity contribution >= 4 is 23.5 Å². The summed E-state index contributed by atoms with van der Waals surface area (Å²) in [7, 11) is 0. The van der Waals surface area contributed by atoms with E-state index >= 15 is 0 Å². The maximum Gasteiger partial charge on any atom is 0.158 e. The summed E-state index contributed by atoms with van der Waals surface area (Å²) in [6.07, 6.45) is -0.0845. The van der Waals surface area contributed by atoms with Crippen LogP contribution in [-0.4, -0.2) is 23.5 Å². The average Bonchev–Trinajstić information content (AvgIpc) is 2.55. The second-order valence-corrected chi connectivity index (χ2v) is 6.11. The van der Waals surface area contributed by atoms with Crippen molar-refractivity contribution in [3.8, 4) is 0 Å². The first-order valence-corrected chi connectivity index (χ1v) is 8.01. The first-order chi connectivity index (χ1) is 12.1. The summed E-state index contributed by atoms with van der Waals surface area (Å²) in [6, 6.07) is 2.55. The third-order valence-electron chi connectivity index (χ3n) is 4.00. The van der Waals surface area contributed by atoms with Crippen LogP contribution < -0.4 is 10.2 Å². The highest BCUT2D eigenvalue weighted by Gasteiger charge is 2.17. The minimum absolute atomic E-state index is 0.0322. The molecule has 0 saturated heterocycles. The van der Waals surface area contributed by atoms with Crippen LogP contribution in [0.15, 0.2) is 36.4 Å². The van der Waals surface area contributed by atoms with Gasteiger partial charge in [-0.15, -0.1) is 0 Å². The van der Waals surface area contributed by atoms with Crippen LogP contribution >= 0.6 is 0 Å². The summed E-state index contributed by atoms with van der Waals surface area (Å²) in [5.41, 5.74) is 0.239. The molecule has 0 atom stereocenters. The van der Waals surface area contributed by atoms with Gasteiger partial charge in [-0.05, 0) is 49.0 Å². The third kappa shape index (κ3) is 5.24. The minimum Gasteiger partial charge on any atom is -0.545 e. The van der Waals surface area contributed by atoms with Gasteiger partial charge in [0, 0.05) is 24.0 Å². The van der Waals surface area contributed by atoms with Crippen LogP contribution in [0.3, 0.4) is 0 Å². The van der Waals surface area contributed by atoms with E-state index in [1.165, 1.54) is 19.1 Å². The van der Waals surface area contributed by atoms with Crippen LogP contribution in [0.1, 0.15) is 58.5 Å². The molecule has 6 nitrogen and oxygen atoms in total. The van der Waals surface area contributed by atoms with E-state index in [0.717, 1.165) is 0 Å². The predicted octanol–water partition coefficient (Wildman–Crippen LogP) is 0.569. The first-order valence-electron chi connectivity index (χ1n) is 8.01. The van der Waals surface area contributed by atoms with Crippen LogP contribution in [0.2, 0.25) is 0 Å². The molecule has 1 rings (SSSR count). The Kier molecular flexibility index (Phi) is 7.19. The van der Waals surface area contributed by atoms with Crippen LogP contribution in [-0.2, 0) is 22.4 Å². The number of aromatic carboxylic acids is 2. The van der Waals surface area contributed by atoms with E-state index in [0.29, 0.717) is 11.1 Å². The lowest BCUT2D eigenvalue weighted by Crippen LogP contribution is -2.30. The molecule has 0 unspecified atom stereocenters. The number of carboxylic acid groups (broad SMARTS) is 2. The molecule has 0 spiro atoms. The van der Waals surface area contributed by atoms with Crippen molar-refractivity contribution in [1.29, 1.82) is 0 Å². The van der Waals surface area contributed by atoms with Gasteiger partial charge in [0.15, 0.2) is 11.6 Å². The lowest BCUT2D eigenvalue weighted by Gasteiger charge is -2.20. The Labute approximate surface area is 151 Å². The fourth-order valence-corrected chi connectivity index (χ4v) is 2.52. The molecule has 0 saturated carbocycles. The molecule has 1 aromatic carbocycles. The van der Waals surface area contributed by atoms with Crippen LogP contribution in [0.5, 0.6) is 0 Å². The highest BCUT2D eigenvalue weighted by atomic mass is 16.4. The number of carbonyl (C=O) groups is 4. The van der Waals surface area contributed by atoms with Gasteiger partial charge in [-0.3, -0.25) is 9.59 Å². The molecule has 26 heavy (non-hydrogen) atoms. The average molecular weight is 356 g/mol. The van der Waals surface area contributed by atoms with Crippen molar-refractivity contribution in [3.63, 3.8) is 0 Å². The Morgan fingerprint density at radius 3 is 1.77 bits per heavy atom. The Bertz CT molecular complexity index is 801. The van der Waals surface area contributed by atoms with Crippen molar-refractivity contribution in [1.82, 2.24) is 0 Å².